The summed E-state index contributed by atoms with van der Waals surface area (Å²) in [6, 6.07) is 19.9. The van der Waals surface area contributed by atoms with Crippen LogP contribution in [0.3, 0.4) is 0 Å². The van der Waals surface area contributed by atoms with Gasteiger partial charge < -0.3 is 14.6 Å². The highest BCUT2D eigenvalue weighted by Gasteiger charge is 2.14. The highest BCUT2D eigenvalue weighted by Crippen LogP contribution is 2.24. The van der Waals surface area contributed by atoms with E-state index < -0.39 is 0 Å². The summed E-state index contributed by atoms with van der Waals surface area (Å²) in [4.78, 5) is 25.7. The Hall–Kier alpha value is -3.37. The Morgan fingerprint density at radius 1 is 1.07 bits per heavy atom. The van der Waals surface area contributed by atoms with Crippen molar-refractivity contribution >= 4 is 33.4 Å². The van der Waals surface area contributed by atoms with Crippen molar-refractivity contribution in [3.05, 3.63) is 76.5 Å². The minimum absolute atomic E-state index is 0.165. The second kappa shape index (κ2) is 9.22. The van der Waals surface area contributed by atoms with Crippen LogP contribution < -0.4 is 5.32 Å². The summed E-state index contributed by atoms with van der Waals surface area (Å²) in [5, 5.41) is 11.1. The van der Waals surface area contributed by atoms with E-state index in [0.717, 1.165) is 15.8 Å². The largest absolute Gasteiger partial charge is 0.459 e. The number of nitrogens with zero attached hydrogens (tertiary/aromatic N) is 2. The molecule has 7 heteroatoms. The lowest BCUT2D eigenvalue weighted by Crippen LogP contribution is -2.26. The molecule has 0 radical (unpaired) electrons. The summed E-state index contributed by atoms with van der Waals surface area (Å²) >= 11 is 3.41. The van der Waals surface area contributed by atoms with Crippen LogP contribution in [0.1, 0.15) is 22.5 Å². The van der Waals surface area contributed by atoms with Crippen LogP contribution in [-0.2, 0) is 11.3 Å². The van der Waals surface area contributed by atoms with Crippen molar-refractivity contribution < 1.29 is 14.0 Å². The van der Waals surface area contributed by atoms with Crippen LogP contribution in [0.15, 0.2) is 69.6 Å². The Balaban J connectivity index is 1.63. The predicted octanol–water partition coefficient (Wildman–Crippen LogP) is 4.83. The van der Waals surface area contributed by atoms with Crippen molar-refractivity contribution in [1.82, 2.24) is 4.90 Å². The molecule has 0 atom stereocenters. The summed E-state index contributed by atoms with van der Waals surface area (Å²) in [6.45, 7) is 0.329. The summed E-state index contributed by atoms with van der Waals surface area (Å²) < 4.78 is 6.86. The Bertz CT molecular complexity index is 1050. The third-order valence-electron chi connectivity index (χ3n) is 4.19. The number of anilines is 1. The SMILES string of the molecule is CN(Cc1ccc(-c2ccc(Br)cc2)o1)C(=O)c1ccc(NC(=O)CC#N)cc1. The fourth-order valence-electron chi connectivity index (χ4n) is 2.73. The Labute approximate surface area is 176 Å². The first kappa shape index (κ1) is 20.4. The standard InChI is InChI=1S/C22H18BrN3O3/c1-26(14-19-10-11-20(29-19)15-2-6-17(23)7-3-15)22(28)16-4-8-18(9-5-16)25-21(27)12-13-24/h2-11H,12,14H2,1H3,(H,25,27). The number of carbonyl (C=O) groups is 2. The first-order valence-corrected chi connectivity index (χ1v) is 9.62. The van der Waals surface area contributed by atoms with Crippen LogP contribution in [0, 0.1) is 11.3 Å². The predicted molar refractivity (Wildman–Crippen MR) is 113 cm³/mol. The number of carbonyl (C=O) groups excluding carboxylic acids is 2. The number of halogens is 1. The topological polar surface area (TPSA) is 86.3 Å². The van der Waals surface area contributed by atoms with Gasteiger partial charge in [-0.05, 0) is 48.5 Å². The molecule has 2 amide bonds. The molecule has 29 heavy (non-hydrogen) atoms. The van der Waals surface area contributed by atoms with E-state index in [1.807, 2.05) is 36.4 Å². The Morgan fingerprint density at radius 2 is 1.76 bits per heavy atom. The molecule has 0 unspecified atom stereocenters. The number of amides is 2. The molecule has 6 nitrogen and oxygen atoms in total. The van der Waals surface area contributed by atoms with E-state index >= 15 is 0 Å². The lowest BCUT2D eigenvalue weighted by molar-refractivity contribution is -0.115. The van der Waals surface area contributed by atoms with Crippen molar-refractivity contribution in [2.75, 3.05) is 12.4 Å². The minimum atomic E-state index is -0.386. The molecule has 0 saturated heterocycles. The number of nitrogens with one attached hydrogen (secondary N) is 1. The maximum absolute atomic E-state index is 12.6. The van der Waals surface area contributed by atoms with Crippen molar-refractivity contribution in [2.45, 2.75) is 13.0 Å². The van der Waals surface area contributed by atoms with E-state index in [1.54, 1.807) is 42.3 Å². The van der Waals surface area contributed by atoms with Crippen LogP contribution in [0.4, 0.5) is 5.69 Å². The number of hydrogen-bond acceptors (Lipinski definition) is 4. The van der Waals surface area contributed by atoms with Crippen molar-refractivity contribution in [3.8, 4) is 17.4 Å². The maximum atomic E-state index is 12.6. The molecule has 2 aromatic carbocycles. The summed E-state index contributed by atoms with van der Waals surface area (Å²) in [5.74, 6) is 0.870. The van der Waals surface area contributed by atoms with E-state index in [1.165, 1.54) is 0 Å². The van der Waals surface area contributed by atoms with E-state index in [2.05, 4.69) is 21.2 Å². The van der Waals surface area contributed by atoms with E-state index in [-0.39, 0.29) is 18.2 Å². The highest BCUT2D eigenvalue weighted by atomic mass is 79.9. The molecular formula is C22H18BrN3O3. The van der Waals surface area contributed by atoms with Gasteiger partial charge in [0.15, 0.2) is 0 Å². The third kappa shape index (κ3) is 5.33. The molecule has 1 aromatic heterocycles. The van der Waals surface area contributed by atoms with Gasteiger partial charge in [0, 0.05) is 28.3 Å². The smallest absolute Gasteiger partial charge is 0.254 e. The lowest BCUT2D eigenvalue weighted by atomic mass is 10.1. The number of hydrogen-bond donors (Lipinski definition) is 1. The summed E-state index contributed by atoms with van der Waals surface area (Å²) in [7, 11) is 1.70. The number of rotatable bonds is 6. The monoisotopic (exact) mass is 451 g/mol. The molecule has 0 aliphatic carbocycles. The van der Waals surface area contributed by atoms with Gasteiger partial charge in [-0.1, -0.05) is 28.1 Å². The van der Waals surface area contributed by atoms with Gasteiger partial charge in [0.25, 0.3) is 5.91 Å². The van der Waals surface area contributed by atoms with Gasteiger partial charge in [-0.3, -0.25) is 9.59 Å². The number of furan rings is 1. The number of nitriles is 1. The zero-order valence-electron chi connectivity index (χ0n) is 15.7. The maximum Gasteiger partial charge on any atom is 0.254 e. The van der Waals surface area contributed by atoms with Crippen LogP contribution in [0.5, 0.6) is 0 Å². The fourth-order valence-corrected chi connectivity index (χ4v) is 3.00. The average Bonchev–Trinajstić information content (AvgIpc) is 3.17. The van der Waals surface area contributed by atoms with Gasteiger partial charge in [-0.15, -0.1) is 0 Å². The first-order valence-electron chi connectivity index (χ1n) is 8.83. The molecular weight excluding hydrogens is 434 g/mol. The van der Waals surface area contributed by atoms with Gasteiger partial charge in [0.1, 0.15) is 17.9 Å². The van der Waals surface area contributed by atoms with E-state index in [0.29, 0.717) is 23.6 Å². The highest BCUT2D eigenvalue weighted by molar-refractivity contribution is 9.10. The van der Waals surface area contributed by atoms with E-state index in [4.69, 9.17) is 9.68 Å². The molecule has 0 bridgehead atoms. The van der Waals surface area contributed by atoms with Crippen LogP contribution in [-0.4, -0.2) is 23.8 Å². The lowest BCUT2D eigenvalue weighted by Gasteiger charge is -2.16. The molecule has 1 heterocycles. The quantitative estimate of drug-likeness (QED) is 0.580. The molecule has 3 rings (SSSR count). The zero-order chi connectivity index (χ0) is 20.8. The molecule has 146 valence electrons. The van der Waals surface area contributed by atoms with Gasteiger partial charge >= 0.3 is 0 Å². The molecule has 1 N–H and O–H groups in total. The third-order valence-corrected chi connectivity index (χ3v) is 4.71. The normalized spacial score (nSPS) is 10.2. The van der Waals surface area contributed by atoms with Gasteiger partial charge in [0.05, 0.1) is 12.6 Å². The van der Waals surface area contributed by atoms with Gasteiger partial charge in [0.2, 0.25) is 5.91 Å². The summed E-state index contributed by atoms with van der Waals surface area (Å²) in [5.41, 5.74) is 1.99. The molecule has 3 aromatic rings. The van der Waals surface area contributed by atoms with Crippen LogP contribution in [0.25, 0.3) is 11.3 Å². The van der Waals surface area contributed by atoms with Crippen molar-refractivity contribution in [1.29, 1.82) is 5.26 Å². The Morgan fingerprint density at radius 3 is 2.41 bits per heavy atom. The van der Waals surface area contributed by atoms with Crippen molar-refractivity contribution in [3.63, 3.8) is 0 Å². The zero-order valence-corrected chi connectivity index (χ0v) is 17.3. The molecule has 0 saturated carbocycles. The molecule has 0 spiro atoms. The summed E-state index contributed by atoms with van der Waals surface area (Å²) in [6.07, 6.45) is -0.213. The van der Waals surface area contributed by atoms with Crippen molar-refractivity contribution in [2.24, 2.45) is 0 Å². The first-order chi connectivity index (χ1) is 14.0. The fraction of sp³-hybridized carbons (Fsp3) is 0.136. The van der Waals surface area contributed by atoms with Crippen LogP contribution >= 0.6 is 15.9 Å². The van der Waals surface area contributed by atoms with Gasteiger partial charge in [-0.25, -0.2) is 0 Å². The Kier molecular flexibility index (Phi) is 6.47. The number of benzene rings is 2. The molecule has 0 fully saturated rings. The minimum Gasteiger partial charge on any atom is -0.459 e. The molecule has 0 aliphatic heterocycles. The second-order valence-corrected chi connectivity index (χ2v) is 7.31. The molecule has 0 aliphatic rings. The van der Waals surface area contributed by atoms with Crippen LogP contribution in [0.2, 0.25) is 0 Å². The second-order valence-electron chi connectivity index (χ2n) is 6.39. The average molecular weight is 452 g/mol. The van der Waals surface area contributed by atoms with E-state index in [9.17, 15) is 9.59 Å². The van der Waals surface area contributed by atoms with Gasteiger partial charge in [-0.2, -0.15) is 5.26 Å².